The van der Waals surface area contributed by atoms with Gasteiger partial charge in [-0.15, -0.1) is 0 Å². The highest BCUT2D eigenvalue weighted by Gasteiger charge is 2.06. The number of aliphatic hydroxyl groups is 1. The summed E-state index contributed by atoms with van der Waals surface area (Å²) in [6.45, 7) is 8.30. The van der Waals surface area contributed by atoms with Crippen LogP contribution < -0.4 is 10.7 Å². The zero-order chi connectivity index (χ0) is 19.2. The second kappa shape index (κ2) is 13.1. The van der Waals surface area contributed by atoms with Gasteiger partial charge in [0.15, 0.2) is 11.4 Å². The van der Waals surface area contributed by atoms with Gasteiger partial charge in [0.2, 0.25) is 0 Å². The fourth-order valence-corrected chi connectivity index (χ4v) is 1.93. The van der Waals surface area contributed by atoms with Crippen LogP contribution in [-0.4, -0.2) is 36.4 Å². The molecule has 0 amide bonds. The number of rotatable bonds is 7. The van der Waals surface area contributed by atoms with Gasteiger partial charge in [0.1, 0.15) is 11.5 Å². The van der Waals surface area contributed by atoms with Crippen LogP contribution in [0, 0.1) is 0 Å². The normalized spacial score (nSPS) is 10.5. The Morgan fingerprint density at radius 3 is 2.68 bits per heavy atom. The van der Waals surface area contributed by atoms with Crippen molar-refractivity contribution in [3.8, 4) is 0 Å². The first-order valence-corrected chi connectivity index (χ1v) is 8.10. The van der Waals surface area contributed by atoms with Gasteiger partial charge in [-0.1, -0.05) is 24.2 Å². The molecule has 0 bridgehead atoms. The van der Waals surface area contributed by atoms with E-state index < -0.39 is 0 Å². The number of hydrogen-bond donors (Lipinski definition) is 3. The van der Waals surface area contributed by atoms with Crippen LogP contribution in [0.4, 0.5) is 0 Å². The van der Waals surface area contributed by atoms with Gasteiger partial charge in [0.25, 0.3) is 0 Å². The number of nitrogens with zero attached hydrogens (tertiary/aromatic N) is 1. The highest BCUT2D eigenvalue weighted by molar-refractivity contribution is 7.80. The molecule has 0 radical (unpaired) electrons. The van der Waals surface area contributed by atoms with Gasteiger partial charge in [-0.2, -0.15) is 5.10 Å². The largest absolute Gasteiger partial charge is 0.456 e. The van der Waals surface area contributed by atoms with Gasteiger partial charge < -0.3 is 15.2 Å². The summed E-state index contributed by atoms with van der Waals surface area (Å²) in [5, 5.41) is 14.6. The van der Waals surface area contributed by atoms with Gasteiger partial charge in [0.05, 0.1) is 11.2 Å². The van der Waals surface area contributed by atoms with Crippen molar-refractivity contribution in [2.75, 3.05) is 13.7 Å². The number of benzene rings is 1. The van der Waals surface area contributed by atoms with Crippen LogP contribution >= 0.6 is 23.8 Å². The summed E-state index contributed by atoms with van der Waals surface area (Å²) in [6, 6.07) is 4.94. The lowest BCUT2D eigenvalue weighted by Crippen LogP contribution is -2.31. The molecule has 0 spiro atoms. The number of hydrogen-bond acceptors (Lipinski definition) is 5. The van der Waals surface area contributed by atoms with Crippen LogP contribution in [0.1, 0.15) is 29.8 Å². The van der Waals surface area contributed by atoms with E-state index in [4.69, 9.17) is 33.7 Å². The van der Waals surface area contributed by atoms with Crippen molar-refractivity contribution in [2.45, 2.75) is 13.8 Å². The third-order valence-electron chi connectivity index (χ3n) is 2.67. The number of allylic oxidation sites excluding steroid dienone is 2. The molecule has 3 N–H and O–H groups in total. The molecule has 8 heteroatoms. The molecule has 1 rings (SSSR count). The Morgan fingerprint density at radius 2 is 2.16 bits per heavy atom. The first-order valence-electron chi connectivity index (χ1n) is 7.31. The second-order valence-corrected chi connectivity index (χ2v) is 5.12. The zero-order valence-electron chi connectivity index (χ0n) is 14.4. The summed E-state index contributed by atoms with van der Waals surface area (Å²) in [4.78, 5) is 10.8. The van der Waals surface area contributed by atoms with Gasteiger partial charge >= 0.3 is 0 Å². The number of aldehydes is 1. The van der Waals surface area contributed by atoms with E-state index in [2.05, 4.69) is 22.4 Å². The number of aliphatic hydroxyl groups excluding tert-OH is 1. The minimum atomic E-state index is 0.343. The van der Waals surface area contributed by atoms with Crippen LogP contribution in [0.15, 0.2) is 41.7 Å². The summed E-state index contributed by atoms with van der Waals surface area (Å²) in [7, 11) is 1.00. The van der Waals surface area contributed by atoms with E-state index in [-0.39, 0.29) is 0 Å². The Labute approximate surface area is 158 Å². The van der Waals surface area contributed by atoms with Crippen molar-refractivity contribution < 1.29 is 14.6 Å². The van der Waals surface area contributed by atoms with E-state index in [9.17, 15) is 4.79 Å². The Hall–Kier alpha value is -2.22. The topological polar surface area (TPSA) is 83.0 Å². The maximum absolute atomic E-state index is 10.8. The molecule has 0 heterocycles. The predicted octanol–water partition coefficient (Wildman–Crippen LogP) is 3.12. The molecule has 0 aliphatic carbocycles. The maximum atomic E-state index is 10.8. The highest BCUT2D eigenvalue weighted by Crippen LogP contribution is 2.22. The van der Waals surface area contributed by atoms with Crippen molar-refractivity contribution in [2.24, 2.45) is 5.10 Å². The van der Waals surface area contributed by atoms with Crippen LogP contribution in [0.25, 0.3) is 5.76 Å². The maximum Gasteiger partial charge on any atom is 0.186 e. The standard InChI is InChI=1S/C16H18ClN3O2S.CH4O/c1-4-14(9-19-20-16(23)18-5-2)22-11(3)12-6-7-13(10-21)15(17)8-12;1-2/h4,6-10H,3,5H2,1-2H3,(H2,18,20,23);2H,1H3/b14-4-,19-9-;. The minimum Gasteiger partial charge on any atom is -0.456 e. The van der Waals surface area contributed by atoms with Crippen LogP contribution in [0.5, 0.6) is 0 Å². The molecule has 0 saturated carbocycles. The van der Waals surface area contributed by atoms with Crippen LogP contribution in [-0.2, 0) is 4.74 Å². The van der Waals surface area contributed by atoms with Crippen molar-refractivity contribution in [3.63, 3.8) is 0 Å². The van der Waals surface area contributed by atoms with E-state index in [0.717, 1.165) is 7.11 Å². The number of nitrogens with one attached hydrogen (secondary N) is 2. The zero-order valence-corrected chi connectivity index (χ0v) is 15.9. The van der Waals surface area contributed by atoms with Crippen LogP contribution in [0.3, 0.4) is 0 Å². The third-order valence-corrected chi connectivity index (χ3v) is 3.23. The smallest absolute Gasteiger partial charge is 0.186 e. The molecule has 1 aromatic carbocycles. The molecule has 0 aromatic heterocycles. The number of carbonyl (C=O) groups excluding carboxylic acids is 1. The van der Waals surface area contributed by atoms with E-state index >= 15 is 0 Å². The third kappa shape index (κ3) is 8.44. The van der Waals surface area contributed by atoms with Crippen molar-refractivity contribution in [1.82, 2.24) is 10.7 Å². The fraction of sp³-hybridized carbons (Fsp3) is 0.235. The average molecular weight is 384 g/mol. The van der Waals surface area contributed by atoms with Crippen molar-refractivity contribution in [1.29, 1.82) is 0 Å². The summed E-state index contributed by atoms with van der Waals surface area (Å²) in [5.74, 6) is 0.871. The summed E-state index contributed by atoms with van der Waals surface area (Å²) < 4.78 is 5.62. The Morgan fingerprint density at radius 1 is 1.48 bits per heavy atom. The number of halogens is 1. The summed E-state index contributed by atoms with van der Waals surface area (Å²) in [6.07, 6.45) is 3.91. The number of ether oxygens (including phenoxy) is 1. The van der Waals surface area contributed by atoms with Gasteiger partial charge in [0, 0.05) is 24.8 Å². The molecule has 0 unspecified atom stereocenters. The Kier molecular flexibility index (Phi) is 11.9. The first kappa shape index (κ1) is 22.8. The minimum absolute atomic E-state index is 0.343. The number of carbonyl (C=O) groups is 1. The quantitative estimate of drug-likeness (QED) is 0.220. The Balaban J connectivity index is 0.00000277. The van der Waals surface area contributed by atoms with Crippen molar-refractivity contribution in [3.05, 3.63) is 52.8 Å². The van der Waals surface area contributed by atoms with E-state index in [1.807, 2.05) is 6.92 Å². The SMILES string of the molecule is C=C(OC(/C=N\NC(=S)NCC)=C\C)c1ccc(C=O)c(Cl)c1.CO. The molecule has 0 atom stereocenters. The van der Waals surface area contributed by atoms with E-state index in [1.54, 1.807) is 31.2 Å². The highest BCUT2D eigenvalue weighted by atomic mass is 35.5. The molecule has 0 aliphatic heterocycles. The molecule has 25 heavy (non-hydrogen) atoms. The summed E-state index contributed by atoms with van der Waals surface area (Å²) in [5.41, 5.74) is 3.75. The molecule has 1 aromatic rings. The molecule has 6 nitrogen and oxygen atoms in total. The monoisotopic (exact) mass is 383 g/mol. The number of hydrazone groups is 1. The average Bonchev–Trinajstić information content (AvgIpc) is 2.62. The summed E-state index contributed by atoms with van der Waals surface area (Å²) >= 11 is 11.0. The van der Waals surface area contributed by atoms with Crippen molar-refractivity contribution >= 4 is 47.2 Å². The van der Waals surface area contributed by atoms with Gasteiger partial charge in [-0.3, -0.25) is 10.2 Å². The van der Waals surface area contributed by atoms with Crippen LogP contribution in [0.2, 0.25) is 5.02 Å². The van der Waals surface area contributed by atoms with E-state index in [1.165, 1.54) is 6.21 Å². The molecule has 0 saturated heterocycles. The van der Waals surface area contributed by atoms with E-state index in [0.29, 0.717) is 45.6 Å². The predicted molar refractivity (Wildman–Crippen MR) is 107 cm³/mol. The van der Waals surface area contributed by atoms with Gasteiger partial charge in [-0.05, 0) is 44.3 Å². The first-order chi connectivity index (χ1) is 12.0. The molecule has 136 valence electrons. The lowest BCUT2D eigenvalue weighted by atomic mass is 10.1. The lowest BCUT2D eigenvalue weighted by Gasteiger charge is -2.10. The molecular formula is C17H22ClN3O3S. The lowest BCUT2D eigenvalue weighted by molar-refractivity contribution is 0.112. The second-order valence-electron chi connectivity index (χ2n) is 4.30. The van der Waals surface area contributed by atoms with Gasteiger partial charge in [-0.25, -0.2) is 0 Å². The fourth-order valence-electron chi connectivity index (χ4n) is 1.51. The number of thiocarbonyl (C=S) groups is 1. The molecule has 0 fully saturated rings. The Bertz CT molecular complexity index is 661. The molecular weight excluding hydrogens is 362 g/mol. The molecule has 0 aliphatic rings.